The number of carbonyl (C=O) groups is 1. The van der Waals surface area contributed by atoms with Gasteiger partial charge < -0.3 is 21.1 Å². The van der Waals surface area contributed by atoms with Crippen LogP contribution in [0.1, 0.15) is 11.1 Å². The molecular weight excluding hydrogens is 266 g/mol. The van der Waals surface area contributed by atoms with E-state index < -0.39 is 6.03 Å². The highest BCUT2D eigenvalue weighted by atomic mass is 16.5. The molecule has 4 N–H and O–H groups in total. The fourth-order valence-corrected chi connectivity index (χ4v) is 2.06. The van der Waals surface area contributed by atoms with Crippen molar-refractivity contribution >= 4 is 17.4 Å². The van der Waals surface area contributed by atoms with Crippen LogP contribution in [0.3, 0.4) is 0 Å². The maximum atomic E-state index is 10.7. The third-order valence-corrected chi connectivity index (χ3v) is 3.07. The summed E-state index contributed by atoms with van der Waals surface area (Å²) in [4.78, 5) is 10.7. The van der Waals surface area contributed by atoms with E-state index in [0.29, 0.717) is 12.2 Å². The van der Waals surface area contributed by atoms with Gasteiger partial charge in [-0.3, -0.25) is 0 Å². The molecule has 0 aliphatic rings. The number of benzene rings is 2. The summed E-state index contributed by atoms with van der Waals surface area (Å²) in [5, 5.41) is 5.84. The highest BCUT2D eigenvalue weighted by molar-refractivity contribution is 5.87. The number of ether oxygens (including phenoxy) is 1. The van der Waals surface area contributed by atoms with E-state index in [1.54, 1.807) is 19.2 Å². The largest absolute Gasteiger partial charge is 0.496 e. The molecule has 2 rings (SSSR count). The number of amides is 2. The second-order valence-electron chi connectivity index (χ2n) is 4.74. The lowest BCUT2D eigenvalue weighted by molar-refractivity contribution is 0.259. The molecule has 0 heterocycles. The molecule has 5 heteroatoms. The number of nitrogens with one attached hydrogen (secondary N) is 2. The van der Waals surface area contributed by atoms with Crippen LogP contribution in [0.15, 0.2) is 42.5 Å². The number of primary amides is 1. The van der Waals surface area contributed by atoms with Gasteiger partial charge in [-0.05, 0) is 37.3 Å². The highest BCUT2D eigenvalue weighted by Crippen LogP contribution is 2.21. The fourth-order valence-electron chi connectivity index (χ4n) is 2.06. The minimum Gasteiger partial charge on any atom is -0.496 e. The molecule has 5 nitrogen and oxygen atoms in total. The first-order chi connectivity index (χ1) is 10.1. The molecule has 0 spiro atoms. The van der Waals surface area contributed by atoms with Crippen molar-refractivity contribution < 1.29 is 9.53 Å². The number of methoxy groups -OCH3 is 1. The van der Waals surface area contributed by atoms with E-state index in [1.165, 1.54) is 5.56 Å². The van der Waals surface area contributed by atoms with Crippen LogP contribution in [0.25, 0.3) is 0 Å². The van der Waals surface area contributed by atoms with Gasteiger partial charge in [0.25, 0.3) is 0 Å². The van der Waals surface area contributed by atoms with Gasteiger partial charge in [-0.1, -0.05) is 17.7 Å². The molecule has 0 saturated carbocycles. The summed E-state index contributed by atoms with van der Waals surface area (Å²) in [6, 6.07) is 12.9. The van der Waals surface area contributed by atoms with Crippen molar-refractivity contribution in [3.05, 3.63) is 53.6 Å². The average Bonchev–Trinajstić information content (AvgIpc) is 2.46. The molecule has 110 valence electrons. The Kier molecular flexibility index (Phi) is 4.66. The Morgan fingerprint density at radius 3 is 2.43 bits per heavy atom. The third-order valence-electron chi connectivity index (χ3n) is 3.07. The quantitative estimate of drug-likeness (QED) is 0.790. The Hall–Kier alpha value is -2.69. The number of hydrogen-bond donors (Lipinski definition) is 3. The number of nitrogens with two attached hydrogens (primary N) is 1. The lowest BCUT2D eigenvalue weighted by Gasteiger charge is -2.12. The van der Waals surface area contributed by atoms with E-state index in [0.717, 1.165) is 17.0 Å². The van der Waals surface area contributed by atoms with Crippen LogP contribution in [-0.2, 0) is 6.54 Å². The Balaban J connectivity index is 2.03. The predicted molar refractivity (Wildman–Crippen MR) is 84.7 cm³/mol. The van der Waals surface area contributed by atoms with E-state index in [9.17, 15) is 4.79 Å². The number of carbonyl (C=O) groups excluding carboxylic acids is 1. The summed E-state index contributed by atoms with van der Waals surface area (Å²) in [5.41, 5.74) is 8.97. The van der Waals surface area contributed by atoms with Crippen LogP contribution >= 0.6 is 0 Å². The van der Waals surface area contributed by atoms with Gasteiger partial charge in [0, 0.05) is 23.5 Å². The Labute approximate surface area is 124 Å². The predicted octanol–water partition coefficient (Wildman–Crippen LogP) is 3.11. The molecule has 0 fully saturated rings. The van der Waals surface area contributed by atoms with Crippen LogP contribution in [0, 0.1) is 6.92 Å². The van der Waals surface area contributed by atoms with Gasteiger partial charge in [0.05, 0.1) is 7.11 Å². The minimum absolute atomic E-state index is 0.569. The first-order valence-electron chi connectivity index (χ1n) is 6.62. The van der Waals surface area contributed by atoms with E-state index in [-0.39, 0.29) is 0 Å². The molecule has 0 radical (unpaired) electrons. The number of hydrogen-bond acceptors (Lipinski definition) is 3. The molecule has 2 aromatic carbocycles. The van der Waals surface area contributed by atoms with Gasteiger partial charge in [0.1, 0.15) is 5.75 Å². The smallest absolute Gasteiger partial charge is 0.316 e. The van der Waals surface area contributed by atoms with Gasteiger partial charge in [0.2, 0.25) is 0 Å². The fraction of sp³-hybridized carbons (Fsp3) is 0.188. The van der Waals surface area contributed by atoms with E-state index in [2.05, 4.69) is 16.7 Å². The second-order valence-corrected chi connectivity index (χ2v) is 4.74. The zero-order valence-electron chi connectivity index (χ0n) is 12.1. The maximum Gasteiger partial charge on any atom is 0.316 e. The number of rotatable bonds is 5. The van der Waals surface area contributed by atoms with Crippen molar-refractivity contribution in [2.45, 2.75) is 13.5 Å². The third kappa shape index (κ3) is 4.14. The van der Waals surface area contributed by atoms with Crippen molar-refractivity contribution in [1.82, 2.24) is 0 Å². The SMILES string of the molecule is COc1ccc(C)cc1CNc1ccc(NC(N)=O)cc1. The molecule has 0 atom stereocenters. The van der Waals surface area contributed by atoms with Crippen molar-refractivity contribution in [2.75, 3.05) is 17.7 Å². The van der Waals surface area contributed by atoms with Crippen LogP contribution in [0.2, 0.25) is 0 Å². The molecule has 0 bridgehead atoms. The zero-order chi connectivity index (χ0) is 15.2. The lowest BCUT2D eigenvalue weighted by atomic mass is 10.1. The molecule has 0 aliphatic heterocycles. The van der Waals surface area contributed by atoms with Gasteiger partial charge in [-0.25, -0.2) is 4.79 Å². The van der Waals surface area contributed by atoms with Crippen molar-refractivity contribution in [3.8, 4) is 5.75 Å². The minimum atomic E-state index is -0.569. The standard InChI is InChI=1S/C16H19N3O2/c1-11-3-8-15(21-2)12(9-11)10-18-13-4-6-14(7-5-13)19-16(17)20/h3-9,18H,10H2,1-2H3,(H3,17,19,20). The summed E-state index contributed by atoms with van der Waals surface area (Å²) in [7, 11) is 1.67. The summed E-state index contributed by atoms with van der Waals surface area (Å²) >= 11 is 0. The van der Waals surface area contributed by atoms with Crippen molar-refractivity contribution in [2.24, 2.45) is 5.73 Å². The van der Waals surface area contributed by atoms with Crippen LogP contribution in [0.4, 0.5) is 16.2 Å². The molecule has 2 aromatic rings. The zero-order valence-corrected chi connectivity index (χ0v) is 12.1. The summed E-state index contributed by atoms with van der Waals surface area (Å²) < 4.78 is 5.35. The van der Waals surface area contributed by atoms with Gasteiger partial charge in [-0.15, -0.1) is 0 Å². The van der Waals surface area contributed by atoms with Gasteiger partial charge in [0.15, 0.2) is 0 Å². The summed E-state index contributed by atoms with van der Waals surface area (Å²) in [5.74, 6) is 0.861. The number of aryl methyl sites for hydroxylation is 1. The second kappa shape index (κ2) is 6.65. The molecule has 21 heavy (non-hydrogen) atoms. The van der Waals surface area contributed by atoms with Crippen LogP contribution < -0.4 is 21.1 Å². The van der Waals surface area contributed by atoms with Crippen LogP contribution in [-0.4, -0.2) is 13.1 Å². The first-order valence-corrected chi connectivity index (χ1v) is 6.62. The summed E-state index contributed by atoms with van der Waals surface area (Å²) in [6.45, 7) is 2.71. The van der Waals surface area contributed by atoms with E-state index in [1.807, 2.05) is 31.2 Å². The Bertz CT molecular complexity index is 624. The van der Waals surface area contributed by atoms with E-state index in [4.69, 9.17) is 10.5 Å². The molecule has 0 saturated heterocycles. The molecule has 2 amide bonds. The molecule has 0 aromatic heterocycles. The topological polar surface area (TPSA) is 76.4 Å². The molecule has 0 aliphatic carbocycles. The van der Waals surface area contributed by atoms with Gasteiger partial charge >= 0.3 is 6.03 Å². The van der Waals surface area contributed by atoms with Crippen molar-refractivity contribution in [1.29, 1.82) is 0 Å². The Morgan fingerprint density at radius 2 is 1.81 bits per heavy atom. The normalized spacial score (nSPS) is 10.0. The summed E-state index contributed by atoms with van der Waals surface area (Å²) in [6.07, 6.45) is 0. The lowest BCUT2D eigenvalue weighted by Crippen LogP contribution is -2.19. The van der Waals surface area contributed by atoms with Crippen LogP contribution in [0.5, 0.6) is 5.75 Å². The monoisotopic (exact) mass is 285 g/mol. The van der Waals surface area contributed by atoms with E-state index >= 15 is 0 Å². The Morgan fingerprint density at radius 1 is 1.14 bits per heavy atom. The number of urea groups is 1. The molecular formula is C16H19N3O2. The van der Waals surface area contributed by atoms with Gasteiger partial charge in [-0.2, -0.15) is 0 Å². The molecule has 0 unspecified atom stereocenters. The first kappa shape index (κ1) is 14.7. The average molecular weight is 285 g/mol. The maximum absolute atomic E-state index is 10.7. The van der Waals surface area contributed by atoms with Crippen molar-refractivity contribution in [3.63, 3.8) is 0 Å². The number of anilines is 2. The highest BCUT2D eigenvalue weighted by Gasteiger charge is 2.03.